The van der Waals surface area contributed by atoms with Gasteiger partial charge in [0, 0.05) is 25.4 Å². The molecule has 1 aliphatic rings. The van der Waals surface area contributed by atoms with E-state index in [4.69, 9.17) is 5.11 Å². The largest absolute Gasteiger partial charge is 0.396 e. The molecule has 2 N–H and O–H groups in total. The van der Waals surface area contributed by atoms with Gasteiger partial charge in [0.2, 0.25) is 0 Å². The number of hydrogen-bond acceptors (Lipinski definition) is 5. The van der Waals surface area contributed by atoms with E-state index < -0.39 is 0 Å². The average Bonchev–Trinajstić information content (AvgIpc) is 2.95. The Morgan fingerprint density at radius 3 is 2.85 bits per heavy atom. The lowest BCUT2D eigenvalue weighted by molar-refractivity contribution is 0.143. The normalized spacial score (nSPS) is 16.6. The fraction of sp³-hybridized carbons (Fsp3) is 0.462. The summed E-state index contributed by atoms with van der Waals surface area (Å²) in [6.07, 6.45) is 1.69. The second-order valence-corrected chi connectivity index (χ2v) is 5.01. The van der Waals surface area contributed by atoms with Crippen molar-refractivity contribution in [3.05, 3.63) is 18.2 Å². The molecule has 1 aliphatic heterocycles. The molecule has 0 unspecified atom stereocenters. The van der Waals surface area contributed by atoms with Crippen molar-refractivity contribution in [3.63, 3.8) is 0 Å². The van der Waals surface area contributed by atoms with Gasteiger partial charge in [0.25, 0.3) is 0 Å². The molecule has 0 aliphatic carbocycles. The highest BCUT2D eigenvalue weighted by Crippen LogP contribution is 2.19. The first-order chi connectivity index (χ1) is 9.76. The molecular formula is C13H16N4O3. The number of urea groups is 1. The SMILES string of the molecule is O=C(Nc1ccc2nonc2c1)N1CCC(CO)CC1. The Hall–Kier alpha value is -2.15. The lowest BCUT2D eigenvalue weighted by Crippen LogP contribution is -2.41. The molecule has 7 nitrogen and oxygen atoms in total. The van der Waals surface area contributed by atoms with Gasteiger partial charge in [-0.3, -0.25) is 0 Å². The number of nitrogens with zero attached hydrogens (tertiary/aromatic N) is 3. The van der Waals surface area contributed by atoms with Gasteiger partial charge in [-0.05, 0) is 47.3 Å². The highest BCUT2D eigenvalue weighted by atomic mass is 16.6. The van der Waals surface area contributed by atoms with E-state index in [0.29, 0.717) is 35.7 Å². The molecule has 0 spiro atoms. The number of fused-ring (bicyclic) bond motifs is 1. The maximum absolute atomic E-state index is 12.1. The molecule has 1 fully saturated rings. The van der Waals surface area contributed by atoms with E-state index >= 15 is 0 Å². The summed E-state index contributed by atoms with van der Waals surface area (Å²) in [7, 11) is 0. The van der Waals surface area contributed by atoms with Crippen LogP contribution in [0.2, 0.25) is 0 Å². The van der Waals surface area contributed by atoms with Crippen molar-refractivity contribution in [2.75, 3.05) is 25.0 Å². The predicted molar refractivity (Wildman–Crippen MR) is 72.2 cm³/mol. The first kappa shape index (κ1) is 12.9. The first-order valence-electron chi connectivity index (χ1n) is 6.65. The molecule has 0 bridgehead atoms. The Labute approximate surface area is 115 Å². The third kappa shape index (κ3) is 2.57. The summed E-state index contributed by atoms with van der Waals surface area (Å²) >= 11 is 0. The lowest BCUT2D eigenvalue weighted by Gasteiger charge is -2.31. The standard InChI is InChI=1S/C13H16N4O3/c18-8-9-3-5-17(6-4-9)13(19)14-10-1-2-11-12(7-10)16-20-15-11/h1-2,7,9,18H,3-6,8H2,(H,14,19). The van der Waals surface area contributed by atoms with Crippen molar-refractivity contribution >= 4 is 22.8 Å². The molecular weight excluding hydrogens is 260 g/mol. The first-order valence-corrected chi connectivity index (χ1v) is 6.65. The summed E-state index contributed by atoms with van der Waals surface area (Å²) < 4.78 is 4.62. The average molecular weight is 276 g/mol. The van der Waals surface area contributed by atoms with Crippen molar-refractivity contribution < 1.29 is 14.5 Å². The number of amides is 2. The quantitative estimate of drug-likeness (QED) is 0.866. The topological polar surface area (TPSA) is 91.5 Å². The van der Waals surface area contributed by atoms with Gasteiger partial charge < -0.3 is 15.3 Å². The number of rotatable bonds is 2. The molecule has 1 saturated heterocycles. The number of carbonyl (C=O) groups is 1. The minimum Gasteiger partial charge on any atom is -0.396 e. The van der Waals surface area contributed by atoms with Crippen molar-refractivity contribution in [1.82, 2.24) is 15.2 Å². The minimum absolute atomic E-state index is 0.128. The number of anilines is 1. The molecule has 7 heteroatoms. The molecule has 0 atom stereocenters. The van der Waals surface area contributed by atoms with Gasteiger partial charge >= 0.3 is 6.03 Å². The predicted octanol–water partition coefficient (Wildman–Crippen LogP) is 1.46. The van der Waals surface area contributed by atoms with Crippen LogP contribution in [0.3, 0.4) is 0 Å². The third-order valence-corrected chi connectivity index (χ3v) is 3.66. The van der Waals surface area contributed by atoms with Gasteiger partial charge in [-0.25, -0.2) is 9.42 Å². The van der Waals surface area contributed by atoms with Crippen LogP contribution in [-0.4, -0.2) is 46.0 Å². The van der Waals surface area contributed by atoms with Crippen LogP contribution in [0.4, 0.5) is 10.5 Å². The number of likely N-dealkylation sites (tertiary alicyclic amines) is 1. The number of aromatic nitrogens is 2. The summed E-state index contributed by atoms with van der Waals surface area (Å²) in [4.78, 5) is 13.9. The summed E-state index contributed by atoms with van der Waals surface area (Å²) in [5, 5.41) is 19.4. The van der Waals surface area contributed by atoms with Gasteiger partial charge in [0.15, 0.2) is 0 Å². The molecule has 1 aromatic heterocycles. The van der Waals surface area contributed by atoms with Crippen molar-refractivity contribution in [2.24, 2.45) is 5.92 Å². The highest BCUT2D eigenvalue weighted by molar-refractivity contribution is 5.91. The summed E-state index contributed by atoms with van der Waals surface area (Å²) in [5.41, 5.74) is 1.94. The Morgan fingerprint density at radius 2 is 2.10 bits per heavy atom. The van der Waals surface area contributed by atoms with Gasteiger partial charge in [-0.2, -0.15) is 0 Å². The molecule has 20 heavy (non-hydrogen) atoms. The van der Waals surface area contributed by atoms with Crippen LogP contribution in [0, 0.1) is 5.92 Å². The van der Waals surface area contributed by atoms with Gasteiger partial charge in [-0.1, -0.05) is 0 Å². The van der Waals surface area contributed by atoms with Crippen LogP contribution in [0.1, 0.15) is 12.8 Å². The van der Waals surface area contributed by atoms with Crippen LogP contribution >= 0.6 is 0 Å². The summed E-state index contributed by atoms with van der Waals surface area (Å²) in [6.45, 7) is 1.54. The van der Waals surface area contributed by atoms with Crippen LogP contribution in [0.15, 0.2) is 22.8 Å². The number of aliphatic hydroxyl groups excluding tert-OH is 1. The van der Waals surface area contributed by atoms with Crippen molar-refractivity contribution in [3.8, 4) is 0 Å². The minimum atomic E-state index is -0.128. The molecule has 2 heterocycles. The molecule has 2 amide bonds. The Morgan fingerprint density at radius 1 is 1.35 bits per heavy atom. The van der Waals surface area contributed by atoms with Crippen LogP contribution in [-0.2, 0) is 0 Å². The Bertz CT molecular complexity index is 604. The highest BCUT2D eigenvalue weighted by Gasteiger charge is 2.22. The maximum Gasteiger partial charge on any atom is 0.321 e. The number of hydrogen-bond donors (Lipinski definition) is 2. The van der Waals surface area contributed by atoms with E-state index in [9.17, 15) is 4.79 Å². The fourth-order valence-corrected chi connectivity index (χ4v) is 2.38. The second kappa shape index (κ2) is 5.46. The molecule has 1 aromatic carbocycles. The zero-order valence-electron chi connectivity index (χ0n) is 11.0. The van der Waals surface area contributed by atoms with Crippen LogP contribution in [0.25, 0.3) is 11.0 Å². The number of carbonyl (C=O) groups excluding carboxylic acids is 1. The number of nitrogens with one attached hydrogen (secondary N) is 1. The van der Waals surface area contributed by atoms with E-state index in [0.717, 1.165) is 12.8 Å². The van der Waals surface area contributed by atoms with Gasteiger partial charge in [-0.15, -0.1) is 0 Å². The Balaban J connectivity index is 1.63. The fourth-order valence-electron chi connectivity index (χ4n) is 2.38. The van der Waals surface area contributed by atoms with E-state index in [1.54, 1.807) is 23.1 Å². The Kier molecular flexibility index (Phi) is 3.51. The van der Waals surface area contributed by atoms with Crippen molar-refractivity contribution in [2.45, 2.75) is 12.8 Å². The lowest BCUT2D eigenvalue weighted by atomic mass is 9.98. The van der Waals surface area contributed by atoms with Crippen LogP contribution < -0.4 is 5.32 Å². The molecule has 0 saturated carbocycles. The maximum atomic E-state index is 12.1. The monoisotopic (exact) mass is 276 g/mol. The van der Waals surface area contributed by atoms with E-state index in [1.165, 1.54) is 0 Å². The molecule has 3 rings (SSSR count). The third-order valence-electron chi connectivity index (χ3n) is 3.66. The summed E-state index contributed by atoms with van der Waals surface area (Å²) in [5.74, 6) is 0.316. The number of benzene rings is 1. The van der Waals surface area contributed by atoms with Gasteiger partial charge in [0.1, 0.15) is 11.0 Å². The second-order valence-electron chi connectivity index (χ2n) is 5.01. The van der Waals surface area contributed by atoms with E-state index in [-0.39, 0.29) is 12.6 Å². The molecule has 106 valence electrons. The smallest absolute Gasteiger partial charge is 0.321 e. The molecule has 0 radical (unpaired) electrons. The molecule has 2 aromatic rings. The number of aliphatic hydroxyl groups is 1. The van der Waals surface area contributed by atoms with E-state index in [2.05, 4.69) is 20.3 Å². The van der Waals surface area contributed by atoms with Crippen LogP contribution in [0.5, 0.6) is 0 Å². The van der Waals surface area contributed by atoms with Gasteiger partial charge in [0.05, 0.1) is 0 Å². The zero-order valence-corrected chi connectivity index (χ0v) is 11.0. The van der Waals surface area contributed by atoms with Crippen molar-refractivity contribution in [1.29, 1.82) is 0 Å². The zero-order chi connectivity index (χ0) is 13.9. The summed E-state index contributed by atoms with van der Waals surface area (Å²) in [6, 6.07) is 5.12. The number of piperidine rings is 1. The van der Waals surface area contributed by atoms with E-state index in [1.807, 2.05) is 0 Å².